The predicted octanol–water partition coefficient (Wildman–Crippen LogP) is 1.87. The quantitative estimate of drug-likeness (QED) is 0.757. The summed E-state index contributed by atoms with van der Waals surface area (Å²) in [5.74, 6) is 0.147. The summed E-state index contributed by atoms with van der Waals surface area (Å²) in [7, 11) is -3.63. The predicted molar refractivity (Wildman–Crippen MR) is 92.4 cm³/mol. The molecule has 6 nitrogen and oxygen atoms in total. The van der Waals surface area contributed by atoms with Crippen LogP contribution in [0.1, 0.15) is 37.0 Å². The van der Waals surface area contributed by atoms with Crippen molar-refractivity contribution in [1.82, 2.24) is 9.62 Å². The molecule has 2 rings (SSSR count). The summed E-state index contributed by atoms with van der Waals surface area (Å²) >= 11 is 0. The molecule has 0 radical (unpaired) electrons. The molecule has 0 aliphatic carbocycles. The SMILES string of the molecule is CCOC(=O)c1cccc(S(=O)(=O)NCCN2CCCC(C)C2)c1. The maximum atomic E-state index is 12.4. The third kappa shape index (κ3) is 5.29. The fourth-order valence-electron chi connectivity index (χ4n) is 2.92. The van der Waals surface area contributed by atoms with Crippen LogP contribution in [-0.2, 0) is 14.8 Å². The zero-order chi connectivity index (χ0) is 17.6. The van der Waals surface area contributed by atoms with E-state index in [-0.39, 0.29) is 17.1 Å². The number of nitrogens with one attached hydrogen (secondary N) is 1. The second kappa shape index (κ2) is 8.60. The lowest BCUT2D eigenvalue weighted by molar-refractivity contribution is 0.0526. The molecule has 0 saturated carbocycles. The molecule has 0 spiro atoms. The van der Waals surface area contributed by atoms with E-state index in [1.54, 1.807) is 19.1 Å². The highest BCUT2D eigenvalue weighted by atomic mass is 32.2. The van der Waals surface area contributed by atoms with E-state index in [0.29, 0.717) is 19.0 Å². The van der Waals surface area contributed by atoms with Gasteiger partial charge in [0.2, 0.25) is 10.0 Å². The van der Waals surface area contributed by atoms with Gasteiger partial charge in [-0.2, -0.15) is 0 Å². The summed E-state index contributed by atoms with van der Waals surface area (Å²) in [6, 6.07) is 5.93. The Hall–Kier alpha value is -1.44. The van der Waals surface area contributed by atoms with Gasteiger partial charge in [0, 0.05) is 19.6 Å². The van der Waals surface area contributed by atoms with Crippen LogP contribution in [0.15, 0.2) is 29.2 Å². The number of hydrogen-bond acceptors (Lipinski definition) is 5. The van der Waals surface area contributed by atoms with Gasteiger partial charge in [0.15, 0.2) is 0 Å². The van der Waals surface area contributed by atoms with Gasteiger partial charge in [0.1, 0.15) is 0 Å². The minimum absolute atomic E-state index is 0.0834. The molecule has 0 bridgehead atoms. The molecule has 7 heteroatoms. The summed E-state index contributed by atoms with van der Waals surface area (Å²) in [4.78, 5) is 14.1. The number of benzene rings is 1. The molecule has 1 aliphatic heterocycles. The number of carbonyl (C=O) groups excluding carboxylic acids is 1. The Morgan fingerprint density at radius 2 is 2.21 bits per heavy atom. The van der Waals surface area contributed by atoms with E-state index in [2.05, 4.69) is 16.5 Å². The molecular formula is C17H26N2O4S. The fraction of sp³-hybridized carbons (Fsp3) is 0.588. The second-order valence-electron chi connectivity index (χ2n) is 6.19. The molecule has 0 amide bonds. The van der Waals surface area contributed by atoms with Gasteiger partial charge in [-0.25, -0.2) is 17.9 Å². The Morgan fingerprint density at radius 1 is 1.42 bits per heavy atom. The monoisotopic (exact) mass is 354 g/mol. The third-order valence-electron chi connectivity index (χ3n) is 4.12. The van der Waals surface area contributed by atoms with Crippen LogP contribution in [0, 0.1) is 5.92 Å². The molecule has 1 fully saturated rings. The van der Waals surface area contributed by atoms with E-state index in [9.17, 15) is 13.2 Å². The number of esters is 1. The number of likely N-dealkylation sites (tertiary alicyclic amines) is 1. The largest absolute Gasteiger partial charge is 0.462 e. The van der Waals surface area contributed by atoms with Gasteiger partial charge < -0.3 is 9.64 Å². The molecule has 24 heavy (non-hydrogen) atoms. The number of hydrogen-bond donors (Lipinski definition) is 1. The van der Waals surface area contributed by atoms with Crippen LogP contribution >= 0.6 is 0 Å². The fourth-order valence-corrected chi connectivity index (χ4v) is 3.98. The maximum Gasteiger partial charge on any atom is 0.338 e. The standard InChI is InChI=1S/C17H26N2O4S/c1-3-23-17(20)15-7-4-8-16(12-15)24(21,22)18-9-11-19-10-5-6-14(2)13-19/h4,7-8,12,14,18H,3,5-6,9-11,13H2,1-2H3. The Balaban J connectivity index is 1.94. The Labute approximate surface area is 144 Å². The summed E-state index contributed by atoms with van der Waals surface area (Å²) in [6.45, 7) is 7.27. The van der Waals surface area contributed by atoms with Gasteiger partial charge in [-0.15, -0.1) is 0 Å². The summed E-state index contributed by atoms with van der Waals surface area (Å²) in [5, 5.41) is 0. The lowest BCUT2D eigenvalue weighted by Crippen LogP contribution is -2.40. The van der Waals surface area contributed by atoms with Crippen LogP contribution in [0.3, 0.4) is 0 Å². The number of piperidine rings is 1. The average molecular weight is 354 g/mol. The second-order valence-corrected chi connectivity index (χ2v) is 7.96. The molecule has 1 aromatic carbocycles. The minimum Gasteiger partial charge on any atom is -0.462 e. The number of rotatable bonds is 7. The van der Waals surface area contributed by atoms with E-state index in [0.717, 1.165) is 19.5 Å². The topological polar surface area (TPSA) is 75.7 Å². The molecule has 134 valence electrons. The number of nitrogens with zero attached hydrogens (tertiary/aromatic N) is 1. The first-order valence-electron chi connectivity index (χ1n) is 8.41. The average Bonchev–Trinajstić information content (AvgIpc) is 2.55. The first-order chi connectivity index (χ1) is 11.4. The van der Waals surface area contributed by atoms with Crippen molar-refractivity contribution < 1.29 is 17.9 Å². The minimum atomic E-state index is -3.63. The van der Waals surface area contributed by atoms with Crippen molar-refractivity contribution in [2.24, 2.45) is 5.92 Å². The molecule has 1 aromatic rings. The number of carbonyl (C=O) groups is 1. The Morgan fingerprint density at radius 3 is 2.92 bits per heavy atom. The summed E-state index contributed by atoms with van der Waals surface area (Å²) in [6.07, 6.45) is 2.40. The molecule has 0 aromatic heterocycles. The highest BCUT2D eigenvalue weighted by Gasteiger charge is 2.19. The molecule has 1 aliphatic rings. The van der Waals surface area contributed by atoms with Crippen LogP contribution < -0.4 is 4.72 Å². The molecule has 1 saturated heterocycles. The zero-order valence-corrected chi connectivity index (χ0v) is 15.1. The molecule has 1 unspecified atom stereocenters. The lowest BCUT2D eigenvalue weighted by atomic mass is 10.0. The number of ether oxygens (including phenoxy) is 1. The van der Waals surface area contributed by atoms with Crippen molar-refractivity contribution >= 4 is 16.0 Å². The van der Waals surface area contributed by atoms with Crippen LogP contribution in [-0.4, -0.2) is 52.1 Å². The van der Waals surface area contributed by atoms with Crippen LogP contribution in [0.2, 0.25) is 0 Å². The van der Waals surface area contributed by atoms with Gasteiger partial charge in [-0.05, 0) is 50.4 Å². The summed E-state index contributed by atoms with van der Waals surface area (Å²) < 4.78 is 32.3. The number of sulfonamides is 1. The first-order valence-corrected chi connectivity index (χ1v) is 9.90. The van der Waals surface area contributed by atoms with Crippen molar-refractivity contribution in [2.75, 3.05) is 32.8 Å². The van der Waals surface area contributed by atoms with Crippen LogP contribution in [0.4, 0.5) is 0 Å². The Kier molecular flexibility index (Phi) is 6.77. The van der Waals surface area contributed by atoms with Gasteiger partial charge in [0.25, 0.3) is 0 Å². The van der Waals surface area contributed by atoms with Crippen LogP contribution in [0.5, 0.6) is 0 Å². The smallest absolute Gasteiger partial charge is 0.338 e. The molecule has 1 N–H and O–H groups in total. The van der Waals surface area contributed by atoms with Gasteiger partial charge in [0.05, 0.1) is 17.1 Å². The lowest BCUT2D eigenvalue weighted by Gasteiger charge is -2.30. The summed E-state index contributed by atoms with van der Waals surface area (Å²) in [5.41, 5.74) is 0.240. The highest BCUT2D eigenvalue weighted by molar-refractivity contribution is 7.89. The highest BCUT2D eigenvalue weighted by Crippen LogP contribution is 2.15. The zero-order valence-electron chi connectivity index (χ0n) is 14.3. The molecule has 1 heterocycles. The Bertz CT molecular complexity index is 660. The first kappa shape index (κ1) is 18.9. The molecular weight excluding hydrogens is 328 g/mol. The molecule has 1 atom stereocenters. The van der Waals surface area contributed by atoms with Crippen LogP contribution in [0.25, 0.3) is 0 Å². The van der Waals surface area contributed by atoms with Crippen molar-refractivity contribution in [1.29, 1.82) is 0 Å². The van der Waals surface area contributed by atoms with Crippen molar-refractivity contribution in [2.45, 2.75) is 31.6 Å². The van der Waals surface area contributed by atoms with E-state index in [4.69, 9.17) is 4.74 Å². The van der Waals surface area contributed by atoms with E-state index in [1.807, 2.05) is 0 Å². The van der Waals surface area contributed by atoms with Crippen molar-refractivity contribution in [3.8, 4) is 0 Å². The maximum absolute atomic E-state index is 12.4. The van der Waals surface area contributed by atoms with E-state index < -0.39 is 16.0 Å². The van der Waals surface area contributed by atoms with Gasteiger partial charge in [-0.3, -0.25) is 0 Å². The van der Waals surface area contributed by atoms with E-state index in [1.165, 1.54) is 18.6 Å². The van der Waals surface area contributed by atoms with E-state index >= 15 is 0 Å². The normalized spacial score (nSPS) is 19.2. The van der Waals surface area contributed by atoms with Crippen molar-refractivity contribution in [3.05, 3.63) is 29.8 Å². The van der Waals surface area contributed by atoms with Gasteiger partial charge in [-0.1, -0.05) is 13.0 Å². The van der Waals surface area contributed by atoms with Gasteiger partial charge >= 0.3 is 5.97 Å². The van der Waals surface area contributed by atoms with Crippen molar-refractivity contribution in [3.63, 3.8) is 0 Å². The third-order valence-corrected chi connectivity index (χ3v) is 5.58.